The van der Waals surface area contributed by atoms with Crippen molar-refractivity contribution in [2.24, 2.45) is 11.8 Å². The van der Waals surface area contributed by atoms with E-state index in [9.17, 15) is 9.90 Å². The van der Waals surface area contributed by atoms with Crippen LogP contribution in [0, 0.1) is 24.6 Å². The van der Waals surface area contributed by atoms with Gasteiger partial charge in [0.05, 0.1) is 24.9 Å². The summed E-state index contributed by atoms with van der Waals surface area (Å²) in [5.41, 5.74) is 8.51. The van der Waals surface area contributed by atoms with E-state index in [1.165, 1.54) is 11.1 Å². The summed E-state index contributed by atoms with van der Waals surface area (Å²) in [6.45, 7) is 4.13. The Kier molecular flexibility index (Phi) is 4.34. The summed E-state index contributed by atoms with van der Waals surface area (Å²) in [5.74, 6) is 0.585. The molecule has 1 amide bonds. The predicted molar refractivity (Wildman–Crippen MR) is 120 cm³/mol. The Bertz CT molecular complexity index is 1310. The minimum Gasteiger partial charge on any atom is -0.474 e. The summed E-state index contributed by atoms with van der Waals surface area (Å²) in [6, 6.07) is 3.17. The Morgan fingerprint density at radius 1 is 1.24 bits per heavy atom. The number of nitrogens with zero attached hydrogens (tertiary/aromatic N) is 3. The molecule has 9 nitrogen and oxygen atoms in total. The Balaban J connectivity index is 1.47. The van der Waals surface area contributed by atoms with E-state index in [-0.39, 0.29) is 29.1 Å². The van der Waals surface area contributed by atoms with Gasteiger partial charge in [-0.05, 0) is 30.0 Å². The number of hydrogen-bond acceptors (Lipinski definition) is 7. The van der Waals surface area contributed by atoms with E-state index in [0.717, 1.165) is 11.3 Å². The second-order valence-electron chi connectivity index (χ2n) is 8.68. The average Bonchev–Trinajstić information content (AvgIpc) is 3.24. The van der Waals surface area contributed by atoms with Crippen molar-refractivity contribution in [3.8, 4) is 17.0 Å². The zero-order valence-electron chi connectivity index (χ0n) is 17.8. The number of halogens is 1. The standard InChI is InChI=1S/C23H22FN5O4/c1-10-13(6-28-22-20(10)26-2-3-33-22)12-4-11-5-17(27-7-14(11)19(25)18(12)24)29(23(30)31)21-15-8-32-9-16(15)21/h4-7,15-16,21,26H,2-3,8-9,25H2,1H3,(H,30,31)/t15-,16+,21?. The SMILES string of the molecule is Cc1c(-c2cc3cc(N(C(=O)O)C4[C@H]5COC[C@@H]45)ncc3c(N)c2F)cnc2c1NCCO2. The van der Waals surface area contributed by atoms with E-state index in [4.69, 9.17) is 15.2 Å². The molecular weight excluding hydrogens is 429 g/mol. The molecule has 4 heterocycles. The Hall–Kier alpha value is -3.66. The number of anilines is 3. The van der Waals surface area contributed by atoms with Crippen LogP contribution in [0.1, 0.15) is 5.56 Å². The van der Waals surface area contributed by atoms with Crippen molar-refractivity contribution in [3.05, 3.63) is 35.9 Å². The molecule has 1 aromatic carbocycles. The van der Waals surface area contributed by atoms with Crippen molar-refractivity contribution in [1.29, 1.82) is 0 Å². The molecule has 170 valence electrons. The molecule has 2 aromatic heterocycles. The highest BCUT2D eigenvalue weighted by molar-refractivity contribution is 6.00. The van der Waals surface area contributed by atoms with Gasteiger partial charge in [0.2, 0.25) is 5.88 Å². The third kappa shape index (κ3) is 2.97. The molecule has 2 fully saturated rings. The number of hydrogen-bond donors (Lipinski definition) is 3. The summed E-state index contributed by atoms with van der Waals surface area (Å²) in [7, 11) is 0. The van der Waals surface area contributed by atoms with Gasteiger partial charge >= 0.3 is 6.09 Å². The maximum atomic E-state index is 15.4. The first-order chi connectivity index (χ1) is 16.0. The second kappa shape index (κ2) is 7.17. The number of amides is 1. The number of rotatable bonds is 3. The number of carbonyl (C=O) groups is 1. The lowest BCUT2D eigenvalue weighted by Crippen LogP contribution is -2.35. The lowest BCUT2D eigenvalue weighted by atomic mass is 9.97. The summed E-state index contributed by atoms with van der Waals surface area (Å²) in [4.78, 5) is 22.0. The van der Waals surface area contributed by atoms with Crippen molar-refractivity contribution in [3.63, 3.8) is 0 Å². The molecule has 3 aliphatic rings. The van der Waals surface area contributed by atoms with Crippen LogP contribution in [0.5, 0.6) is 5.88 Å². The number of ether oxygens (including phenoxy) is 2. The van der Waals surface area contributed by atoms with E-state index in [1.54, 1.807) is 18.3 Å². The van der Waals surface area contributed by atoms with Crippen LogP contribution in [0.2, 0.25) is 0 Å². The largest absolute Gasteiger partial charge is 0.474 e. The molecule has 4 N–H and O–H groups in total. The summed E-state index contributed by atoms with van der Waals surface area (Å²) >= 11 is 0. The summed E-state index contributed by atoms with van der Waals surface area (Å²) < 4.78 is 26.3. The van der Waals surface area contributed by atoms with E-state index in [1.807, 2.05) is 6.92 Å². The Labute approximate surface area is 188 Å². The minimum absolute atomic E-state index is 0.0403. The first-order valence-corrected chi connectivity index (χ1v) is 10.8. The molecule has 33 heavy (non-hydrogen) atoms. The normalized spacial score (nSPS) is 22.8. The third-order valence-corrected chi connectivity index (χ3v) is 6.88. The van der Waals surface area contributed by atoms with Gasteiger partial charge < -0.3 is 25.6 Å². The number of pyridine rings is 2. The smallest absolute Gasteiger partial charge is 0.413 e. The topological polar surface area (TPSA) is 123 Å². The van der Waals surface area contributed by atoms with Crippen LogP contribution in [0.3, 0.4) is 0 Å². The van der Waals surface area contributed by atoms with Gasteiger partial charge in [0.1, 0.15) is 18.1 Å². The van der Waals surface area contributed by atoms with Gasteiger partial charge in [0.25, 0.3) is 0 Å². The quantitative estimate of drug-likeness (QED) is 0.519. The highest BCUT2D eigenvalue weighted by atomic mass is 19.1. The lowest BCUT2D eigenvalue weighted by Gasteiger charge is -2.22. The fourth-order valence-electron chi connectivity index (χ4n) is 5.08. The summed E-state index contributed by atoms with van der Waals surface area (Å²) in [6.07, 6.45) is 1.93. The van der Waals surface area contributed by atoms with Crippen molar-refractivity contribution in [2.75, 3.05) is 42.3 Å². The van der Waals surface area contributed by atoms with Gasteiger partial charge in [0, 0.05) is 47.3 Å². The molecule has 1 unspecified atom stereocenters. The first kappa shape index (κ1) is 20.0. The molecule has 0 radical (unpaired) electrons. The van der Waals surface area contributed by atoms with Crippen LogP contribution in [-0.4, -0.2) is 53.6 Å². The van der Waals surface area contributed by atoms with E-state index >= 15 is 4.39 Å². The molecule has 10 heteroatoms. The maximum absolute atomic E-state index is 15.4. The average molecular weight is 451 g/mol. The Morgan fingerprint density at radius 2 is 2.03 bits per heavy atom. The van der Waals surface area contributed by atoms with E-state index in [0.29, 0.717) is 54.4 Å². The van der Waals surface area contributed by atoms with Crippen LogP contribution >= 0.6 is 0 Å². The first-order valence-electron chi connectivity index (χ1n) is 10.8. The highest BCUT2D eigenvalue weighted by Gasteiger charge is 2.59. The van der Waals surface area contributed by atoms with Crippen molar-refractivity contribution >= 4 is 34.1 Å². The number of benzene rings is 1. The third-order valence-electron chi connectivity index (χ3n) is 6.88. The van der Waals surface area contributed by atoms with Crippen molar-refractivity contribution in [2.45, 2.75) is 13.0 Å². The fourth-order valence-corrected chi connectivity index (χ4v) is 5.08. The highest BCUT2D eigenvalue weighted by Crippen LogP contribution is 2.49. The van der Waals surface area contributed by atoms with Crippen LogP contribution in [0.25, 0.3) is 21.9 Å². The molecular formula is C23H22FN5O4. The van der Waals surface area contributed by atoms with Gasteiger partial charge in [-0.1, -0.05) is 0 Å². The predicted octanol–water partition coefficient (Wildman–Crippen LogP) is 3.26. The van der Waals surface area contributed by atoms with Gasteiger partial charge in [-0.3, -0.25) is 4.90 Å². The number of nitrogens with two attached hydrogens (primary N) is 1. The molecule has 3 aromatic rings. The summed E-state index contributed by atoms with van der Waals surface area (Å²) in [5, 5.41) is 14.2. The molecule has 2 aliphatic heterocycles. The zero-order valence-corrected chi connectivity index (χ0v) is 17.8. The Morgan fingerprint density at radius 3 is 2.79 bits per heavy atom. The molecule has 6 rings (SSSR count). The number of nitrogen functional groups attached to an aromatic ring is 1. The van der Waals surface area contributed by atoms with Crippen LogP contribution in [0.4, 0.5) is 26.4 Å². The van der Waals surface area contributed by atoms with Crippen LogP contribution in [-0.2, 0) is 4.74 Å². The number of fused-ring (bicyclic) bond motifs is 3. The van der Waals surface area contributed by atoms with Crippen LogP contribution in [0.15, 0.2) is 24.5 Å². The second-order valence-corrected chi connectivity index (χ2v) is 8.68. The lowest BCUT2D eigenvalue weighted by molar-refractivity contribution is 0.156. The monoisotopic (exact) mass is 451 g/mol. The van der Waals surface area contributed by atoms with Gasteiger partial charge in [0.15, 0.2) is 5.82 Å². The van der Waals surface area contributed by atoms with Crippen LogP contribution < -0.4 is 20.7 Å². The molecule has 0 bridgehead atoms. The molecule has 1 saturated heterocycles. The van der Waals surface area contributed by atoms with E-state index < -0.39 is 11.9 Å². The van der Waals surface area contributed by atoms with Gasteiger partial charge in [-0.25, -0.2) is 19.2 Å². The van der Waals surface area contributed by atoms with E-state index in [2.05, 4.69) is 15.3 Å². The van der Waals surface area contributed by atoms with Crippen molar-refractivity contribution in [1.82, 2.24) is 9.97 Å². The fraction of sp³-hybridized carbons (Fsp3) is 0.348. The maximum Gasteiger partial charge on any atom is 0.413 e. The molecule has 3 atom stereocenters. The minimum atomic E-state index is -1.07. The molecule has 1 aliphatic carbocycles. The molecule has 1 saturated carbocycles. The van der Waals surface area contributed by atoms with Gasteiger partial charge in [-0.15, -0.1) is 0 Å². The zero-order chi connectivity index (χ0) is 22.9. The molecule has 0 spiro atoms. The van der Waals surface area contributed by atoms with Crippen molar-refractivity contribution < 1.29 is 23.8 Å². The van der Waals surface area contributed by atoms with Gasteiger partial charge in [-0.2, -0.15) is 0 Å². The number of carboxylic acid groups (broad SMARTS) is 1. The number of aromatic nitrogens is 2. The number of nitrogens with one attached hydrogen (secondary N) is 1.